The highest BCUT2D eigenvalue weighted by Crippen LogP contribution is 2.44. The van der Waals surface area contributed by atoms with E-state index in [4.69, 9.17) is 25.9 Å². The Kier molecular flexibility index (Phi) is 7.26. The lowest BCUT2D eigenvalue weighted by atomic mass is 9.78. The van der Waals surface area contributed by atoms with Gasteiger partial charge in [-0.15, -0.1) is 11.3 Å². The predicted molar refractivity (Wildman–Crippen MR) is 133 cm³/mol. The molecule has 1 atom stereocenters. The highest BCUT2D eigenvalue weighted by atomic mass is 35.5. The molecule has 1 aliphatic heterocycles. The maximum absolute atomic E-state index is 14.5. The number of benzene rings is 1. The van der Waals surface area contributed by atoms with Crippen LogP contribution in [0.1, 0.15) is 64.6 Å². The van der Waals surface area contributed by atoms with Crippen molar-refractivity contribution in [3.8, 4) is 0 Å². The van der Waals surface area contributed by atoms with Crippen LogP contribution in [0.25, 0.3) is 0 Å². The number of carbonyl (C=O) groups excluding carboxylic acids is 1. The minimum absolute atomic E-state index is 0.0892. The van der Waals surface area contributed by atoms with Crippen molar-refractivity contribution in [2.75, 3.05) is 7.11 Å². The number of oxazole rings is 1. The lowest BCUT2D eigenvalue weighted by Crippen LogP contribution is -2.37. The number of rotatable bonds is 6. The number of nitrogens with zero attached hydrogens (tertiary/aromatic N) is 3. The van der Waals surface area contributed by atoms with E-state index in [0.29, 0.717) is 48.1 Å². The van der Waals surface area contributed by atoms with Gasteiger partial charge in [0.25, 0.3) is 0 Å². The zero-order valence-corrected chi connectivity index (χ0v) is 21.5. The number of carboxylic acid groups (broad SMARTS) is 1. The van der Waals surface area contributed by atoms with Gasteiger partial charge in [-0.05, 0) is 37.7 Å². The topological polar surface area (TPSA) is 127 Å². The summed E-state index contributed by atoms with van der Waals surface area (Å²) in [7, 11) is 1.23. The summed E-state index contributed by atoms with van der Waals surface area (Å²) in [4.78, 5) is 37.3. The molecule has 0 amide bonds. The highest BCUT2D eigenvalue weighted by molar-refractivity contribution is 7.11. The maximum atomic E-state index is 14.5. The predicted octanol–water partition coefficient (Wildman–Crippen LogP) is 5.25. The van der Waals surface area contributed by atoms with Crippen molar-refractivity contribution in [1.29, 1.82) is 0 Å². The fourth-order valence-electron chi connectivity index (χ4n) is 4.85. The van der Waals surface area contributed by atoms with Crippen LogP contribution in [-0.4, -0.2) is 40.0 Å². The third-order valence-corrected chi connectivity index (χ3v) is 7.86. The van der Waals surface area contributed by atoms with Crippen LogP contribution >= 0.6 is 22.9 Å². The molecule has 3 heterocycles. The van der Waals surface area contributed by atoms with Crippen LogP contribution in [0.2, 0.25) is 5.02 Å². The SMILES string of the molecule is COC(=O)C1=C([C@H]2CC[C@H](c3nc(C(=O)O)co3)CC2)NC(c2nccs2)=NC1c1ccc(F)c(F)c1Cl. The van der Waals surface area contributed by atoms with E-state index in [9.17, 15) is 18.4 Å². The van der Waals surface area contributed by atoms with Gasteiger partial charge in [0.05, 0.1) is 17.7 Å². The number of hydrogen-bond acceptors (Lipinski definition) is 9. The summed E-state index contributed by atoms with van der Waals surface area (Å²) in [6, 6.07) is 1.18. The zero-order valence-electron chi connectivity index (χ0n) is 19.9. The second kappa shape index (κ2) is 10.6. The van der Waals surface area contributed by atoms with Gasteiger partial charge in [0.1, 0.15) is 12.3 Å². The third-order valence-electron chi connectivity index (χ3n) is 6.70. The Balaban J connectivity index is 1.53. The number of nitrogens with one attached hydrogen (secondary N) is 1. The molecule has 1 aromatic carbocycles. The fourth-order valence-corrected chi connectivity index (χ4v) is 5.69. The largest absolute Gasteiger partial charge is 0.476 e. The quantitative estimate of drug-likeness (QED) is 0.308. The van der Waals surface area contributed by atoms with E-state index >= 15 is 0 Å². The number of thiazole rings is 1. The van der Waals surface area contributed by atoms with Crippen LogP contribution in [0.3, 0.4) is 0 Å². The second-order valence-corrected chi connectivity index (χ2v) is 10.1. The van der Waals surface area contributed by atoms with Gasteiger partial charge < -0.3 is 19.6 Å². The van der Waals surface area contributed by atoms with E-state index in [2.05, 4.69) is 20.3 Å². The van der Waals surface area contributed by atoms with E-state index < -0.39 is 34.6 Å². The maximum Gasteiger partial charge on any atom is 0.357 e. The summed E-state index contributed by atoms with van der Waals surface area (Å²) in [6.07, 6.45) is 5.16. The molecule has 0 spiro atoms. The lowest BCUT2D eigenvalue weighted by molar-refractivity contribution is -0.136. The highest BCUT2D eigenvalue weighted by Gasteiger charge is 2.39. The van der Waals surface area contributed by atoms with Gasteiger partial charge in [-0.25, -0.2) is 28.3 Å². The molecule has 198 valence electrons. The van der Waals surface area contributed by atoms with E-state index in [1.165, 1.54) is 24.5 Å². The lowest BCUT2D eigenvalue weighted by Gasteiger charge is -2.34. The molecule has 3 aromatic rings. The Morgan fingerprint density at radius 1 is 1.21 bits per heavy atom. The molecule has 1 fully saturated rings. The Morgan fingerprint density at radius 2 is 1.95 bits per heavy atom. The van der Waals surface area contributed by atoms with Crippen molar-refractivity contribution in [1.82, 2.24) is 15.3 Å². The number of halogens is 3. The first-order chi connectivity index (χ1) is 18.3. The molecule has 38 heavy (non-hydrogen) atoms. The second-order valence-electron chi connectivity index (χ2n) is 8.85. The number of esters is 1. The van der Waals surface area contributed by atoms with E-state index in [1.54, 1.807) is 11.6 Å². The molecule has 1 aliphatic carbocycles. The molecular formula is C25H21ClF2N4O5S. The molecule has 5 rings (SSSR count). The molecule has 1 saturated carbocycles. The number of ether oxygens (including phenoxy) is 1. The number of aromatic nitrogens is 2. The number of aliphatic imine (C=N–C) groups is 1. The number of aromatic carboxylic acids is 1. The third kappa shape index (κ3) is 4.81. The van der Waals surface area contributed by atoms with Crippen molar-refractivity contribution in [2.45, 2.75) is 37.6 Å². The summed E-state index contributed by atoms with van der Waals surface area (Å²) in [5.41, 5.74) is 0.657. The zero-order chi connectivity index (χ0) is 27.0. The normalized spacial score (nSPS) is 21.6. The Morgan fingerprint density at radius 3 is 2.58 bits per heavy atom. The Bertz CT molecular complexity index is 1450. The van der Waals surface area contributed by atoms with Crippen LogP contribution in [0.15, 0.2) is 50.7 Å². The summed E-state index contributed by atoms with van der Waals surface area (Å²) >= 11 is 7.53. The number of amidine groups is 1. The van der Waals surface area contributed by atoms with Crippen molar-refractivity contribution < 1.29 is 32.6 Å². The first-order valence-corrected chi connectivity index (χ1v) is 12.9. The van der Waals surface area contributed by atoms with Crippen molar-refractivity contribution >= 4 is 40.7 Å². The number of carboxylic acids is 1. The summed E-state index contributed by atoms with van der Waals surface area (Å²) in [5, 5.41) is 14.2. The monoisotopic (exact) mass is 562 g/mol. The van der Waals surface area contributed by atoms with Crippen molar-refractivity contribution in [3.05, 3.63) is 80.1 Å². The molecule has 2 N–H and O–H groups in total. The molecule has 0 bridgehead atoms. The average Bonchev–Trinajstić information content (AvgIpc) is 3.64. The summed E-state index contributed by atoms with van der Waals surface area (Å²) < 4.78 is 38.8. The fraction of sp³-hybridized carbons (Fsp3) is 0.320. The molecule has 2 aliphatic rings. The molecule has 0 saturated heterocycles. The van der Waals surface area contributed by atoms with E-state index in [1.807, 2.05) is 0 Å². The van der Waals surface area contributed by atoms with Crippen LogP contribution in [-0.2, 0) is 9.53 Å². The van der Waals surface area contributed by atoms with E-state index in [-0.39, 0.29) is 28.7 Å². The van der Waals surface area contributed by atoms with Gasteiger partial charge in [0.15, 0.2) is 34.1 Å². The summed E-state index contributed by atoms with van der Waals surface area (Å²) in [5.74, 6) is -3.71. The van der Waals surface area contributed by atoms with Gasteiger partial charge in [-0.1, -0.05) is 17.7 Å². The van der Waals surface area contributed by atoms with Gasteiger partial charge in [0.2, 0.25) is 0 Å². The van der Waals surface area contributed by atoms with Crippen molar-refractivity contribution in [2.24, 2.45) is 10.9 Å². The van der Waals surface area contributed by atoms with Gasteiger partial charge in [-0.3, -0.25) is 4.99 Å². The molecule has 1 unspecified atom stereocenters. The number of methoxy groups -OCH3 is 1. The number of hydrogen-bond donors (Lipinski definition) is 2. The van der Waals surface area contributed by atoms with Crippen LogP contribution in [0.5, 0.6) is 0 Å². The Labute approximate surface area is 224 Å². The summed E-state index contributed by atoms with van der Waals surface area (Å²) in [6.45, 7) is 0. The van der Waals surface area contributed by atoms with E-state index in [0.717, 1.165) is 12.3 Å². The standard InChI is InChI=1S/C25H21ClF2N4O5S/c1-36-25(35)16-19(11-2-4-12(5-3-11)22-30-15(10-37-22)24(33)34)31-21(23-29-8-9-38-23)32-20(16)13-6-7-14(27)18(28)17(13)26/h6-12,20H,2-5H2,1H3,(H,31,32)(H,33,34)/t11-,12-,20?. The molecule has 2 aromatic heterocycles. The van der Waals surface area contributed by atoms with Gasteiger partial charge in [-0.2, -0.15) is 0 Å². The van der Waals surface area contributed by atoms with Gasteiger partial charge in [0, 0.05) is 28.8 Å². The smallest absolute Gasteiger partial charge is 0.357 e. The minimum atomic E-state index is -1.23. The van der Waals surface area contributed by atoms with Gasteiger partial charge >= 0.3 is 11.9 Å². The van der Waals surface area contributed by atoms with Crippen LogP contribution in [0, 0.1) is 17.6 Å². The molecular weight excluding hydrogens is 542 g/mol. The molecule has 13 heteroatoms. The van der Waals surface area contributed by atoms with Crippen molar-refractivity contribution in [3.63, 3.8) is 0 Å². The first-order valence-electron chi connectivity index (χ1n) is 11.7. The molecule has 0 radical (unpaired) electrons. The minimum Gasteiger partial charge on any atom is -0.476 e. The first kappa shape index (κ1) is 26.0. The molecule has 9 nitrogen and oxygen atoms in total. The number of allylic oxidation sites excluding steroid dienone is 1. The van der Waals surface area contributed by atoms with Crippen LogP contribution in [0.4, 0.5) is 8.78 Å². The van der Waals surface area contributed by atoms with Crippen LogP contribution < -0.4 is 5.32 Å². The average molecular weight is 563 g/mol. The Hall–Kier alpha value is -3.64. The number of carbonyl (C=O) groups is 2.